The van der Waals surface area contributed by atoms with Crippen LogP contribution in [0, 0.1) is 10.1 Å². The van der Waals surface area contributed by atoms with Crippen LogP contribution in [0.5, 0.6) is 0 Å². The molecule has 25 heavy (non-hydrogen) atoms. The molecule has 0 aliphatic carbocycles. The third-order valence-electron chi connectivity index (χ3n) is 3.32. The molecule has 0 aliphatic rings. The molecule has 140 valence electrons. The maximum Gasteiger partial charge on any atom is 0.310 e. The van der Waals surface area contributed by atoms with E-state index in [1.54, 1.807) is 0 Å². The number of benzene rings is 1. The second-order valence-corrected chi connectivity index (χ2v) is 11.2. The van der Waals surface area contributed by atoms with Crippen molar-refractivity contribution in [3.05, 3.63) is 39.9 Å². The number of nitro benzene ring substituents is 1. The Morgan fingerprint density at radius 3 is 2.24 bits per heavy atom. The zero-order chi connectivity index (χ0) is 19.6. The molecule has 0 amide bonds. The standard InChI is InChI=1S/C13H16ClNO8S2/c1-9(10-5-4-6-11(7-10)15(17)18)23-12(16)8-13(14,24(2,19)20)25(3,21)22/h4-7,9H,8H2,1-3H3. The van der Waals surface area contributed by atoms with Crippen molar-refractivity contribution in [1.82, 2.24) is 0 Å². The number of sulfone groups is 2. The molecule has 12 heteroatoms. The van der Waals surface area contributed by atoms with Gasteiger partial charge in [-0.3, -0.25) is 14.9 Å². The van der Waals surface area contributed by atoms with Crippen LogP contribution in [0.25, 0.3) is 0 Å². The summed E-state index contributed by atoms with van der Waals surface area (Å²) in [6.07, 6.45) is -0.908. The molecule has 0 radical (unpaired) electrons. The van der Waals surface area contributed by atoms with Crippen LogP contribution >= 0.6 is 11.6 Å². The van der Waals surface area contributed by atoms with E-state index in [4.69, 9.17) is 16.3 Å². The minimum Gasteiger partial charge on any atom is -0.458 e. The van der Waals surface area contributed by atoms with E-state index in [1.807, 2.05) is 0 Å². The smallest absolute Gasteiger partial charge is 0.310 e. The summed E-state index contributed by atoms with van der Waals surface area (Å²) >= 11 is 5.72. The fourth-order valence-corrected chi connectivity index (χ4v) is 4.98. The molecule has 0 heterocycles. The summed E-state index contributed by atoms with van der Waals surface area (Å²) in [4.78, 5) is 22.1. The Balaban J connectivity index is 3.02. The molecular weight excluding hydrogens is 398 g/mol. The summed E-state index contributed by atoms with van der Waals surface area (Å²) in [6, 6.07) is 5.27. The van der Waals surface area contributed by atoms with Crippen molar-refractivity contribution in [2.75, 3.05) is 12.5 Å². The van der Waals surface area contributed by atoms with Gasteiger partial charge in [-0.15, -0.1) is 0 Å². The Morgan fingerprint density at radius 1 is 1.28 bits per heavy atom. The number of non-ortho nitro benzene ring substituents is 1. The highest BCUT2D eigenvalue weighted by Gasteiger charge is 2.51. The molecule has 0 aromatic heterocycles. The number of rotatable bonds is 7. The van der Waals surface area contributed by atoms with Gasteiger partial charge < -0.3 is 4.74 Å². The molecule has 9 nitrogen and oxygen atoms in total. The van der Waals surface area contributed by atoms with Crippen molar-refractivity contribution in [3.8, 4) is 0 Å². The summed E-state index contributed by atoms with van der Waals surface area (Å²) in [5.41, 5.74) is 0.0563. The van der Waals surface area contributed by atoms with Crippen LogP contribution in [-0.4, -0.2) is 43.8 Å². The first-order valence-electron chi connectivity index (χ1n) is 6.71. The average Bonchev–Trinajstić information content (AvgIpc) is 2.44. The molecule has 1 aromatic rings. The summed E-state index contributed by atoms with van der Waals surface area (Å²) in [5, 5.41) is 10.8. The molecule has 0 bridgehead atoms. The van der Waals surface area contributed by atoms with Gasteiger partial charge in [0, 0.05) is 24.6 Å². The number of hydrogen-bond donors (Lipinski definition) is 0. The van der Waals surface area contributed by atoms with E-state index in [0.29, 0.717) is 12.5 Å². The van der Waals surface area contributed by atoms with Crippen molar-refractivity contribution in [2.45, 2.75) is 23.0 Å². The van der Waals surface area contributed by atoms with Crippen molar-refractivity contribution in [2.24, 2.45) is 0 Å². The number of nitrogens with zero attached hydrogens (tertiary/aromatic N) is 1. The molecule has 0 spiro atoms. The van der Waals surface area contributed by atoms with Crippen molar-refractivity contribution >= 4 is 42.9 Å². The Kier molecular flexibility index (Phi) is 6.19. The van der Waals surface area contributed by atoms with Gasteiger partial charge in [0.05, 0.1) is 11.3 Å². The van der Waals surface area contributed by atoms with E-state index in [9.17, 15) is 31.7 Å². The zero-order valence-corrected chi connectivity index (χ0v) is 15.9. The molecule has 1 unspecified atom stereocenters. The van der Waals surface area contributed by atoms with Crippen LogP contribution in [0.1, 0.15) is 25.0 Å². The van der Waals surface area contributed by atoms with Crippen LogP contribution < -0.4 is 0 Å². The largest absolute Gasteiger partial charge is 0.458 e. The average molecular weight is 414 g/mol. The predicted molar refractivity (Wildman–Crippen MR) is 90.5 cm³/mol. The number of nitro groups is 1. The van der Waals surface area contributed by atoms with Gasteiger partial charge in [0.25, 0.3) is 9.23 Å². The summed E-state index contributed by atoms with van der Waals surface area (Å²) in [6.45, 7) is 1.40. The monoisotopic (exact) mass is 413 g/mol. The van der Waals surface area contributed by atoms with Crippen LogP contribution in [0.4, 0.5) is 5.69 Å². The number of carbonyl (C=O) groups is 1. The first kappa shape index (κ1) is 21.3. The van der Waals surface area contributed by atoms with E-state index < -0.39 is 46.6 Å². The lowest BCUT2D eigenvalue weighted by molar-refractivity contribution is -0.385. The number of ether oxygens (including phenoxy) is 1. The molecular formula is C13H16ClNO8S2. The SMILES string of the molecule is CC(OC(=O)CC(Cl)(S(C)(=O)=O)S(C)(=O)=O)c1cccc([N+](=O)[O-])c1. The van der Waals surface area contributed by atoms with E-state index >= 15 is 0 Å². The lowest BCUT2D eigenvalue weighted by Crippen LogP contribution is -2.42. The van der Waals surface area contributed by atoms with Crippen LogP contribution in [0.2, 0.25) is 0 Å². The highest BCUT2D eigenvalue weighted by molar-refractivity contribution is 8.11. The number of carbonyl (C=O) groups excluding carboxylic acids is 1. The van der Waals surface area contributed by atoms with Gasteiger partial charge in [-0.25, -0.2) is 16.8 Å². The fraction of sp³-hybridized carbons (Fsp3) is 0.462. The lowest BCUT2D eigenvalue weighted by atomic mass is 10.1. The van der Waals surface area contributed by atoms with Gasteiger partial charge in [-0.2, -0.15) is 0 Å². The molecule has 0 N–H and O–H groups in total. The quantitative estimate of drug-likeness (QED) is 0.284. The van der Waals surface area contributed by atoms with Gasteiger partial charge in [0.1, 0.15) is 6.10 Å². The first-order chi connectivity index (χ1) is 11.2. The Morgan fingerprint density at radius 2 is 1.80 bits per heavy atom. The van der Waals surface area contributed by atoms with E-state index in [0.717, 1.165) is 0 Å². The maximum atomic E-state index is 12.0. The van der Waals surface area contributed by atoms with E-state index in [-0.39, 0.29) is 11.3 Å². The van der Waals surface area contributed by atoms with Gasteiger partial charge >= 0.3 is 5.97 Å². The topological polar surface area (TPSA) is 138 Å². The van der Waals surface area contributed by atoms with Gasteiger partial charge in [-0.05, 0) is 12.5 Å². The summed E-state index contributed by atoms with van der Waals surface area (Å²) in [5.74, 6) is -1.18. The normalized spacial score (nSPS) is 13.9. The van der Waals surface area contributed by atoms with Crippen LogP contribution in [0.3, 0.4) is 0 Å². The minimum atomic E-state index is -4.35. The first-order valence-corrected chi connectivity index (χ1v) is 10.9. The fourth-order valence-electron chi connectivity index (χ4n) is 1.91. The molecule has 1 aromatic carbocycles. The highest BCUT2D eigenvalue weighted by atomic mass is 35.5. The molecule has 1 atom stereocenters. The lowest BCUT2D eigenvalue weighted by Gasteiger charge is -2.23. The van der Waals surface area contributed by atoms with Gasteiger partial charge in [0.15, 0.2) is 19.7 Å². The van der Waals surface area contributed by atoms with Crippen molar-refractivity contribution < 1.29 is 31.3 Å². The number of halogens is 1. The van der Waals surface area contributed by atoms with E-state index in [1.165, 1.54) is 31.2 Å². The van der Waals surface area contributed by atoms with Crippen molar-refractivity contribution in [3.63, 3.8) is 0 Å². The third-order valence-corrected chi connectivity index (χ3v) is 9.46. The molecule has 0 saturated heterocycles. The Labute approximate surface area is 149 Å². The van der Waals surface area contributed by atoms with Crippen molar-refractivity contribution in [1.29, 1.82) is 0 Å². The molecule has 0 aliphatic heterocycles. The van der Waals surface area contributed by atoms with Crippen LogP contribution in [0.15, 0.2) is 24.3 Å². The molecule has 0 fully saturated rings. The Hall–Kier alpha value is -1.72. The maximum absolute atomic E-state index is 12.0. The number of hydrogen-bond acceptors (Lipinski definition) is 8. The molecule has 0 saturated carbocycles. The Bertz CT molecular complexity index is 862. The number of esters is 1. The van der Waals surface area contributed by atoms with Gasteiger partial charge in [0.2, 0.25) is 0 Å². The second-order valence-electron chi connectivity index (χ2n) is 5.37. The second kappa shape index (κ2) is 7.26. The zero-order valence-electron chi connectivity index (χ0n) is 13.5. The predicted octanol–water partition coefficient (Wildman–Crippen LogP) is 1.57. The third kappa shape index (κ3) is 4.89. The summed E-state index contributed by atoms with van der Waals surface area (Å²) in [7, 11) is -8.70. The minimum absolute atomic E-state index is 0.223. The number of alkyl halides is 1. The molecule has 1 rings (SSSR count). The van der Waals surface area contributed by atoms with Crippen LogP contribution in [-0.2, 0) is 29.2 Å². The summed E-state index contributed by atoms with van der Waals surface area (Å²) < 4.78 is 49.0. The van der Waals surface area contributed by atoms with Gasteiger partial charge in [-0.1, -0.05) is 23.7 Å². The highest BCUT2D eigenvalue weighted by Crippen LogP contribution is 2.34. The van der Waals surface area contributed by atoms with E-state index in [2.05, 4.69) is 0 Å².